The van der Waals surface area contributed by atoms with Crippen molar-refractivity contribution >= 4 is 55.8 Å². The molecule has 7 nitrogen and oxygen atoms in total. The number of hydrogen-bond acceptors (Lipinski definition) is 4. The fourth-order valence-electron chi connectivity index (χ4n) is 4.52. The van der Waals surface area contributed by atoms with Gasteiger partial charge >= 0.3 is 0 Å². The lowest BCUT2D eigenvalue weighted by Crippen LogP contribution is -2.29. The maximum atomic E-state index is 12.9. The number of fused-ring (bicyclic) bond motifs is 2. The fraction of sp³-hybridized carbons (Fsp3) is 0.143. The van der Waals surface area contributed by atoms with Crippen LogP contribution < -0.4 is 10.0 Å². The highest BCUT2D eigenvalue weighted by molar-refractivity contribution is 7.92. The molecule has 0 aliphatic rings. The third-order valence-corrected chi connectivity index (χ3v) is 7.61. The molecule has 0 radical (unpaired) electrons. The zero-order valence-electron chi connectivity index (χ0n) is 20.5. The van der Waals surface area contributed by atoms with Gasteiger partial charge in [0.1, 0.15) is 11.7 Å². The molecule has 37 heavy (non-hydrogen) atoms. The molecule has 0 aliphatic carbocycles. The summed E-state index contributed by atoms with van der Waals surface area (Å²) >= 11 is 0. The Kier molecular flexibility index (Phi) is 7.25. The van der Waals surface area contributed by atoms with Crippen LogP contribution in [0.1, 0.15) is 22.5 Å². The second-order valence-corrected chi connectivity index (χ2v) is 10.9. The molecule has 0 unspecified atom stereocenters. The number of anilines is 1. The number of hydrogen-bond donors (Lipinski definition) is 2. The molecule has 4 aromatic carbocycles. The highest BCUT2D eigenvalue weighted by Crippen LogP contribution is 2.28. The van der Waals surface area contributed by atoms with E-state index in [4.69, 9.17) is 16.1 Å². The molecule has 1 aromatic heterocycles. The summed E-state index contributed by atoms with van der Waals surface area (Å²) in [5, 5.41) is 9.66. The number of imidazole rings is 1. The van der Waals surface area contributed by atoms with Crippen LogP contribution in [-0.4, -0.2) is 30.1 Å². The first-order valence-electron chi connectivity index (χ1n) is 11.5. The smallest absolute Gasteiger partial charge is 0.232 e. The van der Waals surface area contributed by atoms with Gasteiger partial charge in [-0.1, -0.05) is 66.7 Å². The van der Waals surface area contributed by atoms with E-state index in [1.807, 2.05) is 96.5 Å². The van der Waals surface area contributed by atoms with Crippen LogP contribution in [0, 0.1) is 5.41 Å². The SMILES string of the molecule is Cl.Cn1c(Cc2ccc(C(=N)N)cc2)nc2cc(N(Cc3cccc4ccccc34)S(C)(=O)=O)ccc21. The Labute approximate surface area is 222 Å². The maximum absolute atomic E-state index is 12.9. The molecule has 0 saturated heterocycles. The van der Waals surface area contributed by atoms with E-state index in [2.05, 4.69) is 0 Å². The molecule has 0 fully saturated rings. The van der Waals surface area contributed by atoms with Gasteiger partial charge in [0.05, 0.1) is 29.5 Å². The second kappa shape index (κ2) is 10.2. The lowest BCUT2D eigenvalue weighted by molar-refractivity contribution is 0.596. The average Bonchev–Trinajstić information content (AvgIpc) is 3.16. The van der Waals surface area contributed by atoms with Crippen LogP contribution in [-0.2, 0) is 30.0 Å². The van der Waals surface area contributed by atoms with E-state index in [1.165, 1.54) is 10.6 Å². The average molecular weight is 534 g/mol. The number of nitrogens with two attached hydrogens (primary N) is 1. The summed E-state index contributed by atoms with van der Waals surface area (Å²) in [7, 11) is -1.59. The monoisotopic (exact) mass is 533 g/mol. The van der Waals surface area contributed by atoms with Crippen molar-refractivity contribution in [2.24, 2.45) is 12.8 Å². The van der Waals surface area contributed by atoms with E-state index in [-0.39, 0.29) is 24.8 Å². The van der Waals surface area contributed by atoms with Gasteiger partial charge in [0.2, 0.25) is 10.0 Å². The first kappa shape index (κ1) is 26.2. The van der Waals surface area contributed by atoms with Crippen molar-refractivity contribution in [3.8, 4) is 0 Å². The number of nitrogens with one attached hydrogen (secondary N) is 1. The molecule has 0 spiro atoms. The Hall–Kier alpha value is -3.88. The molecular formula is C28H28ClN5O2S. The normalized spacial score (nSPS) is 11.4. The highest BCUT2D eigenvalue weighted by atomic mass is 35.5. The topological polar surface area (TPSA) is 105 Å². The Morgan fingerprint density at radius 3 is 2.41 bits per heavy atom. The van der Waals surface area contributed by atoms with Gasteiger partial charge < -0.3 is 10.3 Å². The van der Waals surface area contributed by atoms with Crippen molar-refractivity contribution < 1.29 is 8.42 Å². The maximum Gasteiger partial charge on any atom is 0.232 e. The number of nitrogens with zero attached hydrogens (tertiary/aromatic N) is 3. The molecular weight excluding hydrogens is 506 g/mol. The summed E-state index contributed by atoms with van der Waals surface area (Å²) in [6.45, 7) is 0.230. The lowest BCUT2D eigenvalue weighted by atomic mass is 10.0. The van der Waals surface area contributed by atoms with Crippen molar-refractivity contribution in [2.75, 3.05) is 10.6 Å². The number of sulfonamides is 1. The van der Waals surface area contributed by atoms with E-state index >= 15 is 0 Å². The standard InChI is InChI=1S/C28H27N5O2S.ClH/c1-32-26-15-14-23(17-25(26)31-27(32)16-19-10-12-21(13-11-19)28(29)30)33(36(2,34)35)18-22-8-5-7-20-6-3-4-9-24(20)22;/h3-15,17H,16,18H2,1-2H3,(H3,29,30);1H. The number of amidine groups is 1. The zero-order chi connectivity index (χ0) is 25.4. The molecule has 190 valence electrons. The van der Waals surface area contributed by atoms with E-state index < -0.39 is 10.0 Å². The Morgan fingerprint density at radius 2 is 1.70 bits per heavy atom. The van der Waals surface area contributed by atoms with Crippen LogP contribution in [0.2, 0.25) is 0 Å². The quantitative estimate of drug-likeness (QED) is 0.227. The number of rotatable bonds is 7. The molecule has 0 atom stereocenters. The van der Waals surface area contributed by atoms with E-state index in [9.17, 15) is 8.42 Å². The zero-order valence-corrected chi connectivity index (χ0v) is 22.2. The molecule has 9 heteroatoms. The van der Waals surface area contributed by atoms with Gasteiger partial charge in [-0.3, -0.25) is 9.71 Å². The van der Waals surface area contributed by atoms with E-state index in [0.29, 0.717) is 17.7 Å². The lowest BCUT2D eigenvalue weighted by Gasteiger charge is -2.23. The Morgan fingerprint density at radius 1 is 1.00 bits per heavy atom. The summed E-state index contributed by atoms with van der Waals surface area (Å²) in [5.74, 6) is 0.897. The van der Waals surface area contributed by atoms with Crippen LogP contribution >= 0.6 is 12.4 Å². The van der Waals surface area contributed by atoms with Crippen LogP contribution in [0.25, 0.3) is 21.8 Å². The van der Waals surface area contributed by atoms with Gasteiger partial charge in [-0.25, -0.2) is 13.4 Å². The molecule has 0 saturated carbocycles. The van der Waals surface area contributed by atoms with Crippen molar-refractivity contribution in [2.45, 2.75) is 13.0 Å². The van der Waals surface area contributed by atoms with Crippen LogP contribution in [0.4, 0.5) is 5.69 Å². The third kappa shape index (κ3) is 5.30. The molecule has 5 rings (SSSR count). The molecule has 0 bridgehead atoms. The van der Waals surface area contributed by atoms with Crippen molar-refractivity contribution in [3.05, 3.63) is 107 Å². The minimum atomic E-state index is -3.55. The first-order chi connectivity index (χ1) is 17.2. The van der Waals surface area contributed by atoms with Crippen molar-refractivity contribution in [1.82, 2.24) is 9.55 Å². The summed E-state index contributed by atoms with van der Waals surface area (Å²) in [4.78, 5) is 4.82. The molecule has 3 N–H and O–H groups in total. The van der Waals surface area contributed by atoms with Crippen molar-refractivity contribution in [3.63, 3.8) is 0 Å². The minimum absolute atomic E-state index is 0. The Balaban J connectivity index is 0.00000320. The fourth-order valence-corrected chi connectivity index (χ4v) is 5.39. The first-order valence-corrected chi connectivity index (χ1v) is 13.4. The largest absolute Gasteiger partial charge is 0.384 e. The summed E-state index contributed by atoms with van der Waals surface area (Å²) in [6.07, 6.45) is 1.83. The summed E-state index contributed by atoms with van der Waals surface area (Å²) in [5.41, 5.74) is 10.5. The number of aromatic nitrogens is 2. The minimum Gasteiger partial charge on any atom is -0.384 e. The number of halogens is 1. The molecule has 0 amide bonds. The van der Waals surface area contributed by atoms with Gasteiger partial charge in [-0.05, 0) is 40.1 Å². The van der Waals surface area contributed by atoms with Crippen LogP contribution in [0.5, 0.6) is 0 Å². The van der Waals surface area contributed by atoms with Gasteiger partial charge in [0, 0.05) is 19.0 Å². The van der Waals surface area contributed by atoms with Crippen LogP contribution in [0.15, 0.2) is 84.9 Å². The predicted octanol–water partition coefficient (Wildman–Crippen LogP) is 4.99. The van der Waals surface area contributed by atoms with Crippen LogP contribution in [0.3, 0.4) is 0 Å². The Bertz CT molecular complexity index is 1710. The van der Waals surface area contributed by atoms with Gasteiger partial charge in [0.25, 0.3) is 0 Å². The number of benzene rings is 4. The van der Waals surface area contributed by atoms with Crippen molar-refractivity contribution in [1.29, 1.82) is 5.41 Å². The van der Waals surface area contributed by atoms with Gasteiger partial charge in [0.15, 0.2) is 0 Å². The van der Waals surface area contributed by atoms with E-state index in [0.717, 1.165) is 38.8 Å². The predicted molar refractivity (Wildman–Crippen MR) is 153 cm³/mol. The second-order valence-electron chi connectivity index (χ2n) is 8.96. The van der Waals surface area contributed by atoms with Gasteiger partial charge in [-0.2, -0.15) is 0 Å². The molecule has 0 aliphatic heterocycles. The van der Waals surface area contributed by atoms with Gasteiger partial charge in [-0.15, -0.1) is 12.4 Å². The number of aryl methyl sites for hydroxylation is 1. The molecule has 1 heterocycles. The summed E-state index contributed by atoms with van der Waals surface area (Å²) < 4.78 is 29.2. The summed E-state index contributed by atoms with van der Waals surface area (Å²) in [6, 6.07) is 27.1. The molecule has 5 aromatic rings. The highest BCUT2D eigenvalue weighted by Gasteiger charge is 2.20. The number of nitrogen functional groups attached to an aromatic ring is 1. The van der Waals surface area contributed by atoms with E-state index in [1.54, 1.807) is 0 Å². The third-order valence-electron chi connectivity index (χ3n) is 6.47.